The molecule has 2 N–H and O–H groups in total. The largest absolute Gasteiger partial charge is 0.488 e. The lowest BCUT2D eigenvalue weighted by molar-refractivity contribution is 0.302. The first-order valence-corrected chi connectivity index (χ1v) is 4.81. The van der Waals surface area contributed by atoms with Crippen LogP contribution >= 0.6 is 0 Å². The smallest absolute Gasteiger partial charge is 0.129 e. The summed E-state index contributed by atoms with van der Waals surface area (Å²) in [6, 6.07) is 7.67. The number of nitrogens with two attached hydrogens (primary N) is 1. The maximum atomic E-state index is 5.95. The molecular weight excluding hydrogens is 188 g/mol. The molecule has 0 aliphatic carbocycles. The number of fused-ring (bicyclic) bond motifs is 3. The van der Waals surface area contributed by atoms with Crippen molar-refractivity contribution < 1.29 is 4.74 Å². The highest BCUT2D eigenvalue weighted by Crippen LogP contribution is 2.40. The third-order valence-corrected chi connectivity index (χ3v) is 2.62. The zero-order valence-corrected chi connectivity index (χ0v) is 8.10. The number of pyridine rings is 1. The van der Waals surface area contributed by atoms with Crippen molar-refractivity contribution in [3.8, 4) is 16.9 Å². The first-order valence-electron chi connectivity index (χ1n) is 4.81. The van der Waals surface area contributed by atoms with E-state index in [2.05, 4.69) is 4.98 Å². The minimum Gasteiger partial charge on any atom is -0.488 e. The molecule has 74 valence electrons. The van der Waals surface area contributed by atoms with Gasteiger partial charge < -0.3 is 10.5 Å². The summed E-state index contributed by atoms with van der Waals surface area (Å²) in [6.07, 6.45) is 3.61. The summed E-state index contributed by atoms with van der Waals surface area (Å²) in [7, 11) is 0. The molecule has 2 aromatic rings. The minimum atomic E-state index is 0.592. The Balaban J connectivity index is 2.33. The maximum Gasteiger partial charge on any atom is 0.129 e. The molecule has 15 heavy (non-hydrogen) atoms. The molecule has 0 unspecified atom stereocenters. The van der Waals surface area contributed by atoms with Crippen molar-refractivity contribution in [1.29, 1.82) is 0 Å². The summed E-state index contributed by atoms with van der Waals surface area (Å²) in [5.74, 6) is 0.843. The highest BCUT2D eigenvalue weighted by molar-refractivity contribution is 5.84. The Kier molecular flexibility index (Phi) is 1.65. The summed E-state index contributed by atoms with van der Waals surface area (Å²) >= 11 is 0. The molecule has 0 saturated carbocycles. The van der Waals surface area contributed by atoms with Crippen molar-refractivity contribution in [3.05, 3.63) is 42.2 Å². The fraction of sp³-hybridized carbons (Fsp3) is 0.0833. The van der Waals surface area contributed by atoms with Crippen LogP contribution in [0.2, 0.25) is 0 Å². The van der Waals surface area contributed by atoms with Gasteiger partial charge in [0.1, 0.15) is 12.4 Å². The van der Waals surface area contributed by atoms with Crippen LogP contribution in [0.15, 0.2) is 36.7 Å². The molecule has 1 aromatic heterocycles. The number of nitrogens with zero attached hydrogens (tertiary/aromatic N) is 1. The fourth-order valence-electron chi connectivity index (χ4n) is 1.89. The van der Waals surface area contributed by atoms with Crippen LogP contribution < -0.4 is 10.5 Å². The van der Waals surface area contributed by atoms with Crippen molar-refractivity contribution >= 4 is 5.69 Å². The molecule has 0 bridgehead atoms. The van der Waals surface area contributed by atoms with Crippen LogP contribution in [-0.2, 0) is 6.61 Å². The van der Waals surface area contributed by atoms with Gasteiger partial charge in [0, 0.05) is 34.8 Å². The van der Waals surface area contributed by atoms with E-state index < -0.39 is 0 Å². The molecule has 1 aromatic carbocycles. The Morgan fingerprint density at radius 1 is 1.27 bits per heavy atom. The van der Waals surface area contributed by atoms with Crippen LogP contribution in [0.1, 0.15) is 5.56 Å². The maximum absolute atomic E-state index is 5.95. The standard InChI is InChI=1S/C12H10N2O/c13-10-2-1-3-11-12(10)9-6-14-5-4-8(9)7-15-11/h1-6H,7,13H2. The predicted molar refractivity (Wildman–Crippen MR) is 58.4 cm³/mol. The fourth-order valence-corrected chi connectivity index (χ4v) is 1.89. The lowest BCUT2D eigenvalue weighted by atomic mass is 9.98. The molecule has 0 saturated heterocycles. The average molecular weight is 198 g/mol. The SMILES string of the molecule is Nc1cccc2c1-c1cnccc1CO2. The summed E-state index contributed by atoms with van der Waals surface area (Å²) in [5, 5.41) is 0. The van der Waals surface area contributed by atoms with Gasteiger partial charge in [0.05, 0.1) is 0 Å². The van der Waals surface area contributed by atoms with E-state index in [0.717, 1.165) is 28.1 Å². The monoisotopic (exact) mass is 198 g/mol. The second-order valence-electron chi connectivity index (χ2n) is 3.54. The number of aromatic nitrogens is 1. The van der Waals surface area contributed by atoms with Crippen molar-refractivity contribution in [1.82, 2.24) is 4.98 Å². The van der Waals surface area contributed by atoms with E-state index in [-0.39, 0.29) is 0 Å². The van der Waals surface area contributed by atoms with Crippen LogP contribution in [0.25, 0.3) is 11.1 Å². The van der Waals surface area contributed by atoms with Gasteiger partial charge in [-0.1, -0.05) is 6.07 Å². The number of ether oxygens (including phenoxy) is 1. The zero-order valence-electron chi connectivity index (χ0n) is 8.10. The Hall–Kier alpha value is -2.03. The summed E-state index contributed by atoms with van der Waals surface area (Å²) in [4.78, 5) is 4.13. The molecule has 0 fully saturated rings. The van der Waals surface area contributed by atoms with Crippen LogP contribution in [0.3, 0.4) is 0 Å². The second-order valence-corrected chi connectivity index (χ2v) is 3.54. The van der Waals surface area contributed by atoms with E-state index in [4.69, 9.17) is 10.5 Å². The van der Waals surface area contributed by atoms with Crippen molar-refractivity contribution in [2.75, 3.05) is 5.73 Å². The third-order valence-electron chi connectivity index (χ3n) is 2.62. The number of hydrogen-bond acceptors (Lipinski definition) is 3. The van der Waals surface area contributed by atoms with E-state index >= 15 is 0 Å². The predicted octanol–water partition coefficient (Wildman–Crippen LogP) is 2.22. The van der Waals surface area contributed by atoms with Gasteiger partial charge in [0.2, 0.25) is 0 Å². The lowest BCUT2D eigenvalue weighted by Crippen LogP contribution is -2.07. The summed E-state index contributed by atoms with van der Waals surface area (Å²) < 4.78 is 5.62. The highest BCUT2D eigenvalue weighted by atomic mass is 16.5. The van der Waals surface area contributed by atoms with Crippen LogP contribution in [0, 0.1) is 0 Å². The quantitative estimate of drug-likeness (QED) is 0.660. The molecule has 0 atom stereocenters. The van der Waals surface area contributed by atoms with Gasteiger partial charge in [-0.15, -0.1) is 0 Å². The molecule has 3 rings (SSSR count). The molecule has 2 heterocycles. The number of anilines is 1. The Morgan fingerprint density at radius 3 is 3.13 bits per heavy atom. The number of rotatable bonds is 0. The third kappa shape index (κ3) is 1.16. The van der Waals surface area contributed by atoms with Crippen molar-refractivity contribution in [2.24, 2.45) is 0 Å². The average Bonchev–Trinajstić information content (AvgIpc) is 2.29. The lowest BCUT2D eigenvalue weighted by Gasteiger charge is -2.21. The minimum absolute atomic E-state index is 0.592. The van der Waals surface area contributed by atoms with E-state index in [1.54, 1.807) is 6.20 Å². The van der Waals surface area contributed by atoms with Crippen LogP contribution in [-0.4, -0.2) is 4.98 Å². The molecule has 1 aliphatic heterocycles. The van der Waals surface area contributed by atoms with E-state index in [1.165, 1.54) is 0 Å². The number of benzene rings is 1. The molecule has 0 amide bonds. The Bertz CT molecular complexity index is 523. The van der Waals surface area contributed by atoms with Gasteiger partial charge in [-0.3, -0.25) is 4.98 Å². The first-order chi connectivity index (χ1) is 7.36. The summed E-state index contributed by atoms with van der Waals surface area (Å²) in [6.45, 7) is 0.592. The van der Waals surface area contributed by atoms with Gasteiger partial charge in [-0.05, 0) is 18.2 Å². The molecule has 0 spiro atoms. The van der Waals surface area contributed by atoms with Crippen molar-refractivity contribution in [2.45, 2.75) is 6.61 Å². The van der Waals surface area contributed by atoms with E-state index in [9.17, 15) is 0 Å². The second kappa shape index (κ2) is 2.98. The van der Waals surface area contributed by atoms with Gasteiger partial charge in [-0.25, -0.2) is 0 Å². The normalized spacial score (nSPS) is 12.5. The number of hydrogen-bond donors (Lipinski definition) is 1. The number of nitrogen functional groups attached to an aromatic ring is 1. The summed E-state index contributed by atoms with van der Waals surface area (Å²) in [5.41, 5.74) is 9.87. The molecule has 0 radical (unpaired) electrons. The van der Waals surface area contributed by atoms with E-state index in [0.29, 0.717) is 6.61 Å². The van der Waals surface area contributed by atoms with Gasteiger partial charge in [0.25, 0.3) is 0 Å². The Morgan fingerprint density at radius 2 is 2.20 bits per heavy atom. The van der Waals surface area contributed by atoms with E-state index in [1.807, 2.05) is 30.5 Å². The zero-order chi connectivity index (χ0) is 10.3. The molecule has 3 nitrogen and oxygen atoms in total. The first kappa shape index (κ1) is 8.29. The Labute approximate surface area is 87.5 Å². The molecule has 3 heteroatoms. The van der Waals surface area contributed by atoms with Crippen LogP contribution in [0.5, 0.6) is 5.75 Å². The highest BCUT2D eigenvalue weighted by Gasteiger charge is 2.18. The molecule has 1 aliphatic rings. The van der Waals surface area contributed by atoms with Gasteiger partial charge in [-0.2, -0.15) is 0 Å². The molecular formula is C12H10N2O. The van der Waals surface area contributed by atoms with Crippen LogP contribution in [0.4, 0.5) is 5.69 Å². The van der Waals surface area contributed by atoms with Crippen molar-refractivity contribution in [3.63, 3.8) is 0 Å². The topological polar surface area (TPSA) is 48.1 Å². The van der Waals surface area contributed by atoms with Gasteiger partial charge in [0.15, 0.2) is 0 Å². The van der Waals surface area contributed by atoms with Gasteiger partial charge >= 0.3 is 0 Å².